The molecule has 0 spiro atoms. The summed E-state index contributed by atoms with van der Waals surface area (Å²) >= 11 is 0. The van der Waals surface area contributed by atoms with E-state index in [9.17, 15) is 10.1 Å². The number of fused-ring (bicyclic) bond motifs is 1. The molecule has 2 heterocycles. The molecule has 0 amide bonds. The van der Waals surface area contributed by atoms with Gasteiger partial charge < -0.3 is 10.1 Å². The van der Waals surface area contributed by atoms with Crippen molar-refractivity contribution in [1.82, 2.24) is 4.98 Å². The minimum Gasteiger partial charge on any atom is -0.431 e. The maximum Gasteiger partial charge on any atom is 0.331 e. The summed E-state index contributed by atoms with van der Waals surface area (Å²) in [6, 6.07) is 7.18. The van der Waals surface area contributed by atoms with Crippen LogP contribution < -0.4 is 10.1 Å². The van der Waals surface area contributed by atoms with E-state index in [1.54, 1.807) is 19.2 Å². The first-order chi connectivity index (χ1) is 10.1. The minimum atomic E-state index is -0.474. The Labute approximate surface area is 121 Å². The molecule has 0 saturated carbocycles. The molecule has 0 atom stereocenters. The van der Waals surface area contributed by atoms with E-state index < -0.39 is 4.92 Å². The van der Waals surface area contributed by atoms with Crippen LogP contribution in [0.25, 0.3) is 0 Å². The van der Waals surface area contributed by atoms with Crippen LogP contribution in [0.3, 0.4) is 0 Å². The second-order valence-corrected chi connectivity index (χ2v) is 5.02. The molecule has 1 N–H and O–H groups in total. The van der Waals surface area contributed by atoms with E-state index in [1.165, 1.54) is 6.07 Å². The number of nitrogens with one attached hydrogen (secondary N) is 1. The maximum atomic E-state index is 11.1. The first-order valence-corrected chi connectivity index (χ1v) is 6.80. The summed E-state index contributed by atoms with van der Waals surface area (Å²) in [6.07, 6.45) is 3.60. The molecule has 21 heavy (non-hydrogen) atoms. The van der Waals surface area contributed by atoms with Crippen LogP contribution in [0.4, 0.5) is 11.4 Å². The van der Waals surface area contributed by atoms with Crippen molar-refractivity contribution in [2.24, 2.45) is 0 Å². The highest BCUT2D eigenvalue weighted by atomic mass is 16.6. The highest BCUT2D eigenvalue weighted by Gasteiger charge is 2.20. The fourth-order valence-corrected chi connectivity index (χ4v) is 2.42. The van der Waals surface area contributed by atoms with Gasteiger partial charge in [-0.2, -0.15) is 0 Å². The molecule has 3 rings (SSSR count). The number of anilines is 1. The number of rotatable bonds is 3. The number of pyridine rings is 1. The van der Waals surface area contributed by atoms with Crippen LogP contribution in [0.1, 0.15) is 17.5 Å². The van der Waals surface area contributed by atoms with E-state index in [0.29, 0.717) is 5.75 Å². The Hall–Kier alpha value is -2.63. The van der Waals surface area contributed by atoms with E-state index in [-0.39, 0.29) is 11.6 Å². The SMILES string of the molecule is Cc1cnc(Oc2cccc3c2NCCC3)c([N+](=O)[O-])c1. The van der Waals surface area contributed by atoms with Crippen LogP contribution in [-0.4, -0.2) is 16.5 Å². The van der Waals surface area contributed by atoms with Crippen molar-refractivity contribution in [1.29, 1.82) is 0 Å². The monoisotopic (exact) mass is 285 g/mol. The summed E-state index contributed by atoms with van der Waals surface area (Å²) in [7, 11) is 0. The third-order valence-corrected chi connectivity index (χ3v) is 3.41. The lowest BCUT2D eigenvalue weighted by atomic mass is 10.0. The van der Waals surface area contributed by atoms with Crippen LogP contribution >= 0.6 is 0 Å². The Morgan fingerprint density at radius 1 is 1.43 bits per heavy atom. The second kappa shape index (κ2) is 5.40. The summed E-state index contributed by atoms with van der Waals surface area (Å²) in [6.45, 7) is 2.63. The normalized spacial score (nSPS) is 13.2. The highest BCUT2D eigenvalue weighted by Crippen LogP contribution is 2.37. The topological polar surface area (TPSA) is 77.3 Å². The molecular weight excluding hydrogens is 270 g/mol. The Kier molecular flexibility index (Phi) is 3.43. The van der Waals surface area contributed by atoms with Crippen molar-refractivity contribution in [3.05, 3.63) is 51.7 Å². The van der Waals surface area contributed by atoms with Gasteiger partial charge in [0.1, 0.15) is 0 Å². The average molecular weight is 285 g/mol. The fraction of sp³-hybridized carbons (Fsp3) is 0.267. The number of ether oxygens (including phenoxy) is 1. The number of aryl methyl sites for hydroxylation is 2. The first-order valence-electron chi connectivity index (χ1n) is 6.80. The zero-order valence-corrected chi connectivity index (χ0v) is 11.6. The van der Waals surface area contributed by atoms with Gasteiger partial charge in [0.25, 0.3) is 5.88 Å². The molecule has 1 aromatic heterocycles. The molecule has 0 fully saturated rings. The molecule has 6 nitrogen and oxygen atoms in total. The Bertz CT molecular complexity index is 701. The van der Waals surface area contributed by atoms with Crippen LogP contribution in [0.5, 0.6) is 11.6 Å². The Morgan fingerprint density at radius 2 is 2.29 bits per heavy atom. The maximum absolute atomic E-state index is 11.1. The van der Waals surface area contributed by atoms with Crippen molar-refractivity contribution in [2.75, 3.05) is 11.9 Å². The lowest BCUT2D eigenvalue weighted by Gasteiger charge is -2.20. The van der Waals surface area contributed by atoms with Gasteiger partial charge in [-0.15, -0.1) is 0 Å². The summed E-state index contributed by atoms with van der Waals surface area (Å²) in [5.41, 5.74) is 2.67. The first kappa shape index (κ1) is 13.4. The molecule has 1 aliphatic rings. The lowest BCUT2D eigenvalue weighted by molar-refractivity contribution is -0.386. The average Bonchev–Trinajstić information content (AvgIpc) is 2.49. The van der Waals surface area contributed by atoms with Crippen molar-refractivity contribution in [2.45, 2.75) is 19.8 Å². The summed E-state index contributed by atoms with van der Waals surface area (Å²) in [5.74, 6) is 0.595. The third kappa shape index (κ3) is 2.65. The Balaban J connectivity index is 2.00. The van der Waals surface area contributed by atoms with Gasteiger partial charge in [-0.3, -0.25) is 10.1 Å². The molecule has 1 aromatic carbocycles. The van der Waals surface area contributed by atoms with Gasteiger partial charge in [0, 0.05) is 18.8 Å². The number of nitro groups is 1. The minimum absolute atomic E-state index is 0.0198. The predicted molar refractivity (Wildman–Crippen MR) is 79.0 cm³/mol. The number of aromatic nitrogens is 1. The molecule has 0 aliphatic carbocycles. The van der Waals surface area contributed by atoms with Gasteiger partial charge in [0.05, 0.1) is 10.6 Å². The van der Waals surface area contributed by atoms with Crippen molar-refractivity contribution in [3.63, 3.8) is 0 Å². The van der Waals surface area contributed by atoms with Crippen LogP contribution in [-0.2, 0) is 6.42 Å². The smallest absolute Gasteiger partial charge is 0.331 e. The predicted octanol–water partition coefficient (Wildman–Crippen LogP) is 3.45. The van der Waals surface area contributed by atoms with E-state index in [0.717, 1.165) is 36.2 Å². The van der Waals surface area contributed by atoms with Crippen molar-refractivity contribution in [3.8, 4) is 11.6 Å². The van der Waals surface area contributed by atoms with Crippen LogP contribution in [0.15, 0.2) is 30.5 Å². The van der Waals surface area contributed by atoms with Gasteiger partial charge in [0.15, 0.2) is 5.75 Å². The highest BCUT2D eigenvalue weighted by molar-refractivity contribution is 5.64. The fourth-order valence-electron chi connectivity index (χ4n) is 2.42. The largest absolute Gasteiger partial charge is 0.431 e. The quantitative estimate of drug-likeness (QED) is 0.690. The summed E-state index contributed by atoms with van der Waals surface area (Å²) in [4.78, 5) is 14.7. The standard InChI is InChI=1S/C15H15N3O3/c1-10-8-12(18(19)20)15(17-9-10)21-13-6-2-4-11-5-3-7-16-14(11)13/h2,4,6,8-9,16H,3,5,7H2,1H3. The third-order valence-electron chi connectivity index (χ3n) is 3.41. The number of benzene rings is 1. The van der Waals surface area contributed by atoms with E-state index in [2.05, 4.69) is 10.3 Å². The van der Waals surface area contributed by atoms with Crippen LogP contribution in [0, 0.1) is 17.0 Å². The molecule has 1 aliphatic heterocycles. The number of para-hydroxylation sites is 1. The molecule has 2 aromatic rings. The van der Waals surface area contributed by atoms with Gasteiger partial charge in [0.2, 0.25) is 0 Å². The molecule has 0 unspecified atom stereocenters. The molecule has 6 heteroatoms. The zero-order chi connectivity index (χ0) is 14.8. The van der Waals surface area contributed by atoms with Gasteiger partial charge in [-0.25, -0.2) is 4.98 Å². The second-order valence-electron chi connectivity index (χ2n) is 5.02. The molecule has 108 valence electrons. The van der Waals surface area contributed by atoms with E-state index in [1.807, 2.05) is 12.1 Å². The lowest BCUT2D eigenvalue weighted by Crippen LogP contribution is -2.12. The van der Waals surface area contributed by atoms with Gasteiger partial charge in [-0.05, 0) is 37.0 Å². The molecule has 0 saturated heterocycles. The zero-order valence-electron chi connectivity index (χ0n) is 11.6. The van der Waals surface area contributed by atoms with Gasteiger partial charge >= 0.3 is 5.69 Å². The number of hydrogen-bond acceptors (Lipinski definition) is 5. The van der Waals surface area contributed by atoms with E-state index in [4.69, 9.17) is 4.74 Å². The Morgan fingerprint density at radius 3 is 3.10 bits per heavy atom. The summed E-state index contributed by atoms with van der Waals surface area (Å²) < 4.78 is 5.71. The van der Waals surface area contributed by atoms with Crippen molar-refractivity contribution >= 4 is 11.4 Å². The van der Waals surface area contributed by atoms with Gasteiger partial charge in [-0.1, -0.05) is 12.1 Å². The molecular formula is C15H15N3O3. The van der Waals surface area contributed by atoms with E-state index >= 15 is 0 Å². The summed E-state index contributed by atoms with van der Waals surface area (Å²) in [5, 5.41) is 14.4. The molecule has 0 bridgehead atoms. The van der Waals surface area contributed by atoms with Crippen LogP contribution in [0.2, 0.25) is 0 Å². The number of nitrogens with zero attached hydrogens (tertiary/aromatic N) is 2. The molecule has 0 radical (unpaired) electrons. The number of hydrogen-bond donors (Lipinski definition) is 1. The van der Waals surface area contributed by atoms with Crippen molar-refractivity contribution < 1.29 is 9.66 Å².